The number of nitrogens with one attached hydrogen (secondary N) is 1. The molecule has 0 radical (unpaired) electrons. The first kappa shape index (κ1) is 16.4. The molecule has 0 aromatic heterocycles. The van der Waals surface area contributed by atoms with Gasteiger partial charge in [0.25, 0.3) is 0 Å². The molecule has 1 aliphatic rings. The first-order valence-corrected chi connectivity index (χ1v) is 9.09. The molecule has 0 bridgehead atoms. The van der Waals surface area contributed by atoms with Gasteiger partial charge in [0.15, 0.2) is 0 Å². The lowest BCUT2D eigenvalue weighted by Crippen LogP contribution is -2.50. The average Bonchev–Trinajstić information content (AvgIpc) is 2.40. The number of rotatable bonds is 4. The number of nitrogens with zero attached hydrogens (tertiary/aromatic N) is 1. The summed E-state index contributed by atoms with van der Waals surface area (Å²) in [5.41, 5.74) is 0.648. The SMILES string of the molecule is C[C@H](N[C@@H]1CCN(S(C)(=O)=O)C[C@H]1C)c1ccccc1F. The highest BCUT2D eigenvalue weighted by atomic mass is 32.2. The Morgan fingerprint density at radius 1 is 1.38 bits per heavy atom. The quantitative estimate of drug-likeness (QED) is 0.926. The van der Waals surface area contributed by atoms with Gasteiger partial charge in [-0.05, 0) is 25.3 Å². The zero-order chi connectivity index (χ0) is 15.6. The van der Waals surface area contributed by atoms with Gasteiger partial charge in [-0.3, -0.25) is 0 Å². The first-order valence-electron chi connectivity index (χ1n) is 7.24. The number of hydrogen-bond donors (Lipinski definition) is 1. The van der Waals surface area contributed by atoms with E-state index in [1.165, 1.54) is 16.6 Å². The molecular formula is C15H23FN2O2S. The first-order chi connectivity index (χ1) is 9.79. The van der Waals surface area contributed by atoms with E-state index in [-0.39, 0.29) is 23.8 Å². The van der Waals surface area contributed by atoms with E-state index in [0.29, 0.717) is 18.7 Å². The Labute approximate surface area is 126 Å². The molecule has 4 nitrogen and oxygen atoms in total. The van der Waals surface area contributed by atoms with Crippen LogP contribution in [0.15, 0.2) is 24.3 Å². The molecule has 3 atom stereocenters. The Hall–Kier alpha value is -0.980. The number of benzene rings is 1. The average molecular weight is 314 g/mol. The molecule has 1 aliphatic heterocycles. The van der Waals surface area contributed by atoms with Crippen molar-refractivity contribution in [3.05, 3.63) is 35.6 Å². The smallest absolute Gasteiger partial charge is 0.211 e. The lowest BCUT2D eigenvalue weighted by atomic mass is 9.93. The van der Waals surface area contributed by atoms with Crippen molar-refractivity contribution >= 4 is 10.0 Å². The fourth-order valence-corrected chi connectivity index (χ4v) is 3.84. The summed E-state index contributed by atoms with van der Waals surface area (Å²) < 4.78 is 38.5. The van der Waals surface area contributed by atoms with Crippen LogP contribution in [0.4, 0.5) is 4.39 Å². The molecule has 6 heteroatoms. The second kappa shape index (κ2) is 6.42. The third-order valence-corrected chi connectivity index (χ3v) is 5.44. The number of sulfonamides is 1. The Balaban J connectivity index is 2.00. The van der Waals surface area contributed by atoms with Crippen molar-refractivity contribution in [3.63, 3.8) is 0 Å². The summed E-state index contributed by atoms with van der Waals surface area (Å²) in [6, 6.07) is 6.85. The van der Waals surface area contributed by atoms with Crippen molar-refractivity contribution in [1.29, 1.82) is 0 Å². The van der Waals surface area contributed by atoms with Crippen molar-refractivity contribution in [1.82, 2.24) is 9.62 Å². The molecule has 1 aromatic rings. The van der Waals surface area contributed by atoms with Gasteiger partial charge < -0.3 is 5.32 Å². The Morgan fingerprint density at radius 3 is 2.62 bits per heavy atom. The molecule has 2 rings (SSSR count). The fraction of sp³-hybridized carbons (Fsp3) is 0.600. The highest BCUT2D eigenvalue weighted by Gasteiger charge is 2.31. The molecule has 0 aliphatic carbocycles. The van der Waals surface area contributed by atoms with Crippen LogP contribution in [0.3, 0.4) is 0 Å². The molecule has 0 saturated carbocycles. The van der Waals surface area contributed by atoms with E-state index in [1.807, 2.05) is 19.9 Å². The molecule has 1 fully saturated rings. The lowest BCUT2D eigenvalue weighted by molar-refractivity contribution is 0.210. The minimum Gasteiger partial charge on any atom is -0.307 e. The van der Waals surface area contributed by atoms with Crippen LogP contribution in [-0.2, 0) is 10.0 Å². The number of hydrogen-bond acceptors (Lipinski definition) is 3. The largest absolute Gasteiger partial charge is 0.307 e. The predicted octanol–water partition coefficient (Wildman–Crippen LogP) is 2.15. The van der Waals surface area contributed by atoms with Crippen molar-refractivity contribution in [2.45, 2.75) is 32.4 Å². The van der Waals surface area contributed by atoms with Crippen molar-refractivity contribution in [2.75, 3.05) is 19.3 Å². The maximum absolute atomic E-state index is 13.8. The van der Waals surface area contributed by atoms with Crippen LogP contribution in [0, 0.1) is 11.7 Å². The summed E-state index contributed by atoms with van der Waals surface area (Å²) in [5, 5.41) is 3.44. The molecule has 0 amide bonds. The van der Waals surface area contributed by atoms with Gasteiger partial charge in [-0.25, -0.2) is 17.1 Å². The molecule has 21 heavy (non-hydrogen) atoms. The summed E-state index contributed by atoms with van der Waals surface area (Å²) in [6.07, 6.45) is 1.99. The summed E-state index contributed by atoms with van der Waals surface area (Å²) in [5.74, 6) is -0.0126. The van der Waals surface area contributed by atoms with Crippen molar-refractivity contribution in [3.8, 4) is 0 Å². The maximum Gasteiger partial charge on any atom is 0.211 e. The van der Waals surface area contributed by atoms with Crippen LogP contribution < -0.4 is 5.32 Å². The molecule has 118 valence electrons. The molecule has 0 spiro atoms. The van der Waals surface area contributed by atoms with Crippen molar-refractivity contribution < 1.29 is 12.8 Å². The van der Waals surface area contributed by atoms with Crippen LogP contribution in [-0.4, -0.2) is 38.1 Å². The molecular weight excluding hydrogens is 291 g/mol. The van der Waals surface area contributed by atoms with E-state index in [2.05, 4.69) is 5.32 Å². The third-order valence-electron chi connectivity index (χ3n) is 4.17. The lowest BCUT2D eigenvalue weighted by Gasteiger charge is -2.37. The van der Waals surface area contributed by atoms with Gasteiger partial charge in [-0.1, -0.05) is 25.1 Å². The van der Waals surface area contributed by atoms with Crippen LogP contribution in [0.1, 0.15) is 31.9 Å². The van der Waals surface area contributed by atoms with E-state index in [0.717, 1.165) is 6.42 Å². The topological polar surface area (TPSA) is 49.4 Å². The van der Waals surface area contributed by atoms with Crippen LogP contribution >= 0.6 is 0 Å². The van der Waals surface area contributed by atoms with E-state index in [9.17, 15) is 12.8 Å². The third kappa shape index (κ3) is 4.02. The summed E-state index contributed by atoms with van der Waals surface area (Å²) in [7, 11) is -3.12. The van der Waals surface area contributed by atoms with E-state index >= 15 is 0 Å². The van der Waals surface area contributed by atoms with Gasteiger partial charge in [-0.15, -0.1) is 0 Å². The molecule has 1 saturated heterocycles. The van der Waals surface area contributed by atoms with Gasteiger partial charge in [0.05, 0.1) is 6.26 Å². The number of piperidine rings is 1. The molecule has 1 aromatic carbocycles. The van der Waals surface area contributed by atoms with Crippen molar-refractivity contribution in [2.24, 2.45) is 5.92 Å². The van der Waals surface area contributed by atoms with Gasteiger partial charge in [0, 0.05) is 30.7 Å². The molecule has 1 heterocycles. The standard InChI is InChI=1S/C15H23FN2O2S/c1-11-10-18(21(3,19)20)9-8-15(11)17-12(2)13-6-4-5-7-14(13)16/h4-7,11-12,15,17H,8-10H2,1-3H3/t11-,12+,15-/m1/s1. The Kier molecular flexibility index (Phi) is 5.01. The highest BCUT2D eigenvalue weighted by Crippen LogP contribution is 2.23. The predicted molar refractivity (Wildman–Crippen MR) is 81.9 cm³/mol. The fourth-order valence-electron chi connectivity index (χ4n) is 2.89. The second-order valence-electron chi connectivity index (χ2n) is 5.90. The summed E-state index contributed by atoms with van der Waals surface area (Å²) >= 11 is 0. The van der Waals surface area contributed by atoms with E-state index in [1.54, 1.807) is 12.1 Å². The minimum atomic E-state index is -3.12. The van der Waals surface area contributed by atoms with Gasteiger partial charge >= 0.3 is 0 Å². The highest BCUT2D eigenvalue weighted by molar-refractivity contribution is 7.88. The van der Waals surface area contributed by atoms with Crippen LogP contribution in [0.25, 0.3) is 0 Å². The molecule has 1 N–H and O–H groups in total. The zero-order valence-corrected chi connectivity index (χ0v) is 13.5. The van der Waals surface area contributed by atoms with Gasteiger partial charge in [0.2, 0.25) is 10.0 Å². The normalized spacial score (nSPS) is 25.7. The van der Waals surface area contributed by atoms with E-state index in [4.69, 9.17) is 0 Å². The summed E-state index contributed by atoms with van der Waals surface area (Å²) in [6.45, 7) is 5.00. The van der Waals surface area contributed by atoms with E-state index < -0.39 is 10.0 Å². The van der Waals surface area contributed by atoms with Crippen LogP contribution in [0.2, 0.25) is 0 Å². The van der Waals surface area contributed by atoms with Crippen LogP contribution in [0.5, 0.6) is 0 Å². The molecule has 0 unspecified atom stereocenters. The zero-order valence-electron chi connectivity index (χ0n) is 12.7. The monoisotopic (exact) mass is 314 g/mol. The van der Waals surface area contributed by atoms with Gasteiger partial charge in [-0.2, -0.15) is 0 Å². The second-order valence-corrected chi connectivity index (χ2v) is 7.89. The Bertz CT molecular complexity index is 591. The minimum absolute atomic E-state index is 0.0940. The summed E-state index contributed by atoms with van der Waals surface area (Å²) in [4.78, 5) is 0. The number of halogens is 1. The van der Waals surface area contributed by atoms with Gasteiger partial charge in [0.1, 0.15) is 5.82 Å². The Morgan fingerprint density at radius 2 is 2.05 bits per heavy atom. The maximum atomic E-state index is 13.8.